The molecule has 4 rings (SSSR count). The van der Waals surface area contributed by atoms with E-state index in [1.54, 1.807) is 30.0 Å². The zero-order valence-electron chi connectivity index (χ0n) is 16.8. The molecule has 0 bridgehead atoms. The van der Waals surface area contributed by atoms with Crippen LogP contribution >= 0.6 is 11.8 Å². The summed E-state index contributed by atoms with van der Waals surface area (Å²) in [6, 6.07) is 12.8. The predicted octanol–water partition coefficient (Wildman–Crippen LogP) is 4.18. The Morgan fingerprint density at radius 2 is 2.13 bits per heavy atom. The molecule has 3 N–H and O–H groups in total. The third kappa shape index (κ3) is 3.60. The van der Waals surface area contributed by atoms with Gasteiger partial charge in [-0.05, 0) is 34.7 Å². The lowest BCUT2D eigenvalue weighted by Gasteiger charge is -2.33. The SMILES string of the molecule is C=CC(CC[C@@H]1SC[C@@H]2NC(=O)N[C@@H]21)C(N=[N+]=[N-])(C(=O)O)c1cccc2ccccc12. The van der Waals surface area contributed by atoms with Crippen LogP contribution in [0.1, 0.15) is 18.4 Å². The summed E-state index contributed by atoms with van der Waals surface area (Å²) in [5.41, 5.74) is 7.99. The Labute approximate surface area is 183 Å². The average Bonchev–Trinajstić information content (AvgIpc) is 3.32. The van der Waals surface area contributed by atoms with E-state index in [1.807, 2.05) is 30.3 Å². The van der Waals surface area contributed by atoms with Gasteiger partial charge in [-0.15, -0.1) is 6.58 Å². The summed E-state index contributed by atoms with van der Waals surface area (Å²) >= 11 is 1.76. The van der Waals surface area contributed by atoms with Crippen molar-refractivity contribution in [3.8, 4) is 0 Å². The molecule has 2 unspecified atom stereocenters. The molecule has 5 atom stereocenters. The average molecular weight is 438 g/mol. The summed E-state index contributed by atoms with van der Waals surface area (Å²) in [6.07, 6.45) is 2.69. The van der Waals surface area contributed by atoms with Crippen molar-refractivity contribution < 1.29 is 14.7 Å². The van der Waals surface area contributed by atoms with Gasteiger partial charge in [0.1, 0.15) is 0 Å². The molecule has 2 amide bonds. The van der Waals surface area contributed by atoms with Crippen molar-refractivity contribution in [1.82, 2.24) is 10.6 Å². The maximum absolute atomic E-state index is 12.7. The second-order valence-corrected chi connectivity index (χ2v) is 9.10. The van der Waals surface area contributed by atoms with Gasteiger partial charge in [0, 0.05) is 21.8 Å². The van der Waals surface area contributed by atoms with E-state index in [-0.39, 0.29) is 23.4 Å². The number of carbonyl (C=O) groups excluding carboxylic acids is 1. The van der Waals surface area contributed by atoms with Crippen LogP contribution in [-0.4, -0.2) is 40.2 Å². The molecule has 0 saturated carbocycles. The van der Waals surface area contributed by atoms with E-state index in [4.69, 9.17) is 0 Å². The second-order valence-electron chi connectivity index (χ2n) is 7.83. The quantitative estimate of drug-likeness (QED) is 0.188. The first-order valence-electron chi connectivity index (χ1n) is 10.1. The summed E-state index contributed by atoms with van der Waals surface area (Å²) in [6.45, 7) is 3.89. The number of azide groups is 1. The van der Waals surface area contributed by atoms with Gasteiger partial charge in [-0.1, -0.05) is 53.7 Å². The first-order valence-corrected chi connectivity index (χ1v) is 11.1. The highest BCUT2D eigenvalue weighted by molar-refractivity contribution is 8.00. The summed E-state index contributed by atoms with van der Waals surface area (Å²) < 4.78 is 0. The minimum atomic E-state index is -1.82. The number of carbonyl (C=O) groups is 2. The molecule has 2 aromatic carbocycles. The Bertz CT molecular complexity index is 1080. The van der Waals surface area contributed by atoms with Gasteiger partial charge in [0.05, 0.1) is 12.1 Å². The maximum Gasteiger partial charge on any atom is 0.320 e. The Kier molecular flexibility index (Phi) is 5.80. The van der Waals surface area contributed by atoms with Gasteiger partial charge >= 0.3 is 12.0 Å². The number of fused-ring (bicyclic) bond motifs is 2. The molecule has 9 heteroatoms. The Balaban J connectivity index is 1.71. The van der Waals surface area contributed by atoms with Gasteiger partial charge in [-0.25, -0.2) is 4.79 Å². The number of hydrogen-bond acceptors (Lipinski definition) is 4. The summed E-state index contributed by atoms with van der Waals surface area (Å²) in [4.78, 5) is 27.3. The zero-order chi connectivity index (χ0) is 22.0. The van der Waals surface area contributed by atoms with Crippen LogP contribution in [0.2, 0.25) is 0 Å². The number of hydrogen-bond donors (Lipinski definition) is 3. The van der Waals surface area contributed by atoms with E-state index in [2.05, 4.69) is 27.2 Å². The molecule has 0 radical (unpaired) electrons. The van der Waals surface area contributed by atoms with E-state index in [9.17, 15) is 20.2 Å². The van der Waals surface area contributed by atoms with Crippen molar-refractivity contribution >= 4 is 34.5 Å². The van der Waals surface area contributed by atoms with Crippen LogP contribution in [0.3, 0.4) is 0 Å². The summed E-state index contributed by atoms with van der Waals surface area (Å²) in [5, 5.41) is 21.9. The van der Waals surface area contributed by atoms with E-state index in [1.165, 1.54) is 0 Å². The topological polar surface area (TPSA) is 127 Å². The van der Waals surface area contributed by atoms with Crippen LogP contribution in [0.15, 0.2) is 60.2 Å². The molecular formula is C22H23N5O3S. The third-order valence-corrected chi connectivity index (χ3v) is 7.76. The van der Waals surface area contributed by atoms with Crippen LogP contribution in [0.25, 0.3) is 21.2 Å². The first kappa shape index (κ1) is 21.1. The highest BCUT2D eigenvalue weighted by Gasteiger charge is 2.48. The minimum absolute atomic E-state index is 0.0132. The molecule has 2 heterocycles. The number of nitrogens with one attached hydrogen (secondary N) is 2. The number of carboxylic acids is 1. The van der Waals surface area contributed by atoms with Gasteiger partial charge in [0.25, 0.3) is 0 Å². The molecule has 2 fully saturated rings. The number of rotatable bonds is 8. The molecule has 2 aliphatic heterocycles. The van der Waals surface area contributed by atoms with Gasteiger partial charge < -0.3 is 15.7 Å². The second kappa shape index (κ2) is 8.53. The summed E-state index contributed by atoms with van der Waals surface area (Å²) in [5.74, 6) is -1.02. The van der Waals surface area contributed by atoms with E-state index in [0.29, 0.717) is 18.4 Å². The lowest BCUT2D eigenvalue weighted by atomic mass is 9.74. The number of thioether (sulfide) groups is 1. The van der Waals surface area contributed by atoms with E-state index >= 15 is 0 Å². The smallest absolute Gasteiger partial charge is 0.320 e. The zero-order valence-corrected chi connectivity index (χ0v) is 17.6. The number of amides is 2. The van der Waals surface area contributed by atoms with Crippen molar-refractivity contribution in [3.05, 3.63) is 71.1 Å². The minimum Gasteiger partial charge on any atom is -0.480 e. The van der Waals surface area contributed by atoms with Crippen molar-refractivity contribution in [2.45, 2.75) is 35.7 Å². The largest absolute Gasteiger partial charge is 0.480 e. The van der Waals surface area contributed by atoms with Gasteiger partial charge in [0.2, 0.25) is 0 Å². The number of carboxylic acid groups (broad SMARTS) is 1. The maximum atomic E-state index is 12.7. The molecule has 0 aliphatic carbocycles. The van der Waals surface area contributed by atoms with Crippen LogP contribution < -0.4 is 10.6 Å². The van der Waals surface area contributed by atoms with E-state index in [0.717, 1.165) is 16.5 Å². The number of nitrogens with zero attached hydrogens (tertiary/aromatic N) is 3. The molecule has 2 aromatic rings. The lowest BCUT2D eigenvalue weighted by Crippen LogP contribution is -2.42. The monoisotopic (exact) mass is 437 g/mol. The van der Waals surface area contributed by atoms with E-state index < -0.39 is 17.4 Å². The lowest BCUT2D eigenvalue weighted by molar-refractivity contribution is -0.145. The molecule has 2 aliphatic rings. The predicted molar refractivity (Wildman–Crippen MR) is 121 cm³/mol. The standard InChI is InChI=1S/C22H23N5O3S/c1-2-14(10-11-18-19-17(12-31-18)24-21(30)25-19)22(20(28)29,26-27-23)16-9-5-7-13-6-3-4-8-15(13)16/h2-9,14,17-19H,1,10-12H2,(H,28,29)(H2,24,25,30)/t14?,17-,18-,19-,22?/m0/s1. The molecule has 160 valence electrons. The van der Waals surface area contributed by atoms with Crippen molar-refractivity contribution in [2.24, 2.45) is 11.0 Å². The number of benzene rings is 2. The molecule has 2 saturated heterocycles. The normalized spacial score (nSPS) is 24.9. The van der Waals surface area contributed by atoms with Crippen LogP contribution in [0.4, 0.5) is 4.79 Å². The fourth-order valence-corrected chi connectivity index (χ4v) is 6.27. The number of aliphatic carboxylic acids is 1. The molecular weight excluding hydrogens is 414 g/mol. The van der Waals surface area contributed by atoms with Gasteiger partial charge in [-0.3, -0.25) is 4.79 Å². The van der Waals surface area contributed by atoms with Gasteiger partial charge in [-0.2, -0.15) is 11.8 Å². The molecule has 31 heavy (non-hydrogen) atoms. The van der Waals surface area contributed by atoms with Crippen molar-refractivity contribution in [1.29, 1.82) is 0 Å². The first-order chi connectivity index (χ1) is 15.0. The summed E-state index contributed by atoms with van der Waals surface area (Å²) in [7, 11) is 0. The number of urea groups is 1. The highest BCUT2D eigenvalue weighted by Crippen LogP contribution is 2.43. The third-order valence-electron chi connectivity index (χ3n) is 6.25. The van der Waals surface area contributed by atoms with Crippen molar-refractivity contribution in [2.75, 3.05) is 5.75 Å². The van der Waals surface area contributed by atoms with Crippen molar-refractivity contribution in [3.63, 3.8) is 0 Å². The Morgan fingerprint density at radius 1 is 1.35 bits per heavy atom. The van der Waals surface area contributed by atoms with Crippen LogP contribution in [0, 0.1) is 5.92 Å². The molecule has 0 aromatic heterocycles. The highest BCUT2D eigenvalue weighted by atomic mass is 32.2. The van der Waals surface area contributed by atoms with Crippen LogP contribution in [0.5, 0.6) is 0 Å². The molecule has 0 spiro atoms. The Hall–Kier alpha value is -3.16. The fourth-order valence-electron chi connectivity index (χ4n) is 4.76. The fraction of sp³-hybridized carbons (Fsp3) is 0.364. The Morgan fingerprint density at radius 3 is 2.87 bits per heavy atom. The van der Waals surface area contributed by atoms with Crippen LogP contribution in [-0.2, 0) is 10.3 Å². The van der Waals surface area contributed by atoms with Gasteiger partial charge in [0.15, 0.2) is 5.54 Å². The molecule has 8 nitrogen and oxygen atoms in total.